The van der Waals surface area contributed by atoms with Crippen molar-refractivity contribution in [1.29, 1.82) is 0 Å². The number of sulfone groups is 1. The Balaban J connectivity index is 1.87. The number of nitrogens with zero attached hydrogens (tertiary/aromatic N) is 1. The van der Waals surface area contributed by atoms with Crippen molar-refractivity contribution in [2.75, 3.05) is 5.75 Å². The molecular weight excluding hydrogens is 421 g/mol. The maximum absolute atomic E-state index is 14.0. The van der Waals surface area contributed by atoms with Gasteiger partial charge in [-0.3, -0.25) is 4.79 Å². The van der Waals surface area contributed by atoms with Crippen molar-refractivity contribution < 1.29 is 27.4 Å². The molecule has 0 amide bonds. The summed E-state index contributed by atoms with van der Waals surface area (Å²) >= 11 is 0. The SMILES string of the molecule is CCS(=O)(=O)c1cnc(Oc2c(C)c(CC(=O)O)cc3ccc(F)cc23)c(C2CC2)c1. The number of halogens is 1. The van der Waals surface area contributed by atoms with Crippen LogP contribution in [-0.4, -0.2) is 30.2 Å². The highest BCUT2D eigenvalue weighted by Crippen LogP contribution is 2.46. The third-order valence-electron chi connectivity index (χ3n) is 5.56. The monoisotopic (exact) mass is 443 g/mol. The fourth-order valence-electron chi connectivity index (χ4n) is 3.63. The van der Waals surface area contributed by atoms with E-state index < -0.39 is 21.6 Å². The Kier molecular flexibility index (Phi) is 5.43. The van der Waals surface area contributed by atoms with Crippen LogP contribution in [0.2, 0.25) is 0 Å². The van der Waals surface area contributed by atoms with Crippen LogP contribution in [0.15, 0.2) is 41.4 Å². The lowest BCUT2D eigenvalue weighted by atomic mass is 9.98. The van der Waals surface area contributed by atoms with Gasteiger partial charge >= 0.3 is 5.97 Å². The summed E-state index contributed by atoms with van der Waals surface area (Å²) in [5.41, 5.74) is 1.83. The Morgan fingerprint density at radius 2 is 2.00 bits per heavy atom. The number of aromatic nitrogens is 1. The smallest absolute Gasteiger partial charge is 0.307 e. The molecule has 0 unspecified atom stereocenters. The molecule has 8 heteroatoms. The second-order valence-electron chi connectivity index (χ2n) is 7.77. The van der Waals surface area contributed by atoms with Crippen molar-refractivity contribution >= 4 is 26.6 Å². The number of carbonyl (C=O) groups is 1. The molecule has 1 aromatic heterocycles. The third-order valence-corrected chi connectivity index (χ3v) is 7.26. The molecule has 3 aromatic rings. The number of hydrogen-bond donors (Lipinski definition) is 1. The summed E-state index contributed by atoms with van der Waals surface area (Å²) in [4.78, 5) is 15.8. The first-order chi connectivity index (χ1) is 14.7. The first-order valence-corrected chi connectivity index (χ1v) is 11.7. The minimum atomic E-state index is -3.42. The van der Waals surface area contributed by atoms with E-state index in [0.717, 1.165) is 12.8 Å². The van der Waals surface area contributed by atoms with Crippen LogP contribution in [0.25, 0.3) is 10.8 Å². The zero-order chi connectivity index (χ0) is 22.3. The molecule has 0 atom stereocenters. The summed E-state index contributed by atoms with van der Waals surface area (Å²) in [6.45, 7) is 3.30. The van der Waals surface area contributed by atoms with Crippen molar-refractivity contribution in [3.63, 3.8) is 0 Å². The van der Waals surface area contributed by atoms with Crippen molar-refractivity contribution in [2.45, 2.75) is 43.9 Å². The van der Waals surface area contributed by atoms with Gasteiger partial charge in [-0.1, -0.05) is 19.1 Å². The van der Waals surface area contributed by atoms with Crippen molar-refractivity contribution in [3.8, 4) is 11.6 Å². The van der Waals surface area contributed by atoms with Crippen LogP contribution in [0, 0.1) is 12.7 Å². The number of benzene rings is 2. The molecule has 31 heavy (non-hydrogen) atoms. The van der Waals surface area contributed by atoms with E-state index in [1.165, 1.54) is 18.3 Å². The van der Waals surface area contributed by atoms with Gasteiger partial charge in [0.25, 0.3) is 0 Å². The normalized spacial score (nSPS) is 14.0. The minimum Gasteiger partial charge on any atom is -0.481 e. The minimum absolute atomic E-state index is 0.0285. The second kappa shape index (κ2) is 7.92. The van der Waals surface area contributed by atoms with E-state index in [2.05, 4.69) is 4.98 Å². The lowest BCUT2D eigenvalue weighted by molar-refractivity contribution is -0.136. The average Bonchev–Trinajstić information content (AvgIpc) is 3.56. The Labute approximate surface area is 179 Å². The van der Waals surface area contributed by atoms with Gasteiger partial charge in [0.2, 0.25) is 5.88 Å². The van der Waals surface area contributed by atoms with Gasteiger partial charge in [0, 0.05) is 17.1 Å². The van der Waals surface area contributed by atoms with Gasteiger partial charge in [-0.15, -0.1) is 0 Å². The van der Waals surface area contributed by atoms with E-state index >= 15 is 0 Å². The second-order valence-corrected chi connectivity index (χ2v) is 10.0. The number of carboxylic acid groups (broad SMARTS) is 1. The van der Waals surface area contributed by atoms with Crippen LogP contribution in [-0.2, 0) is 21.1 Å². The molecule has 1 aliphatic rings. The van der Waals surface area contributed by atoms with Gasteiger partial charge in [-0.25, -0.2) is 17.8 Å². The van der Waals surface area contributed by atoms with Crippen molar-refractivity contribution in [2.24, 2.45) is 0 Å². The van der Waals surface area contributed by atoms with E-state index in [1.807, 2.05) is 0 Å². The Hall–Kier alpha value is -3.00. The summed E-state index contributed by atoms with van der Waals surface area (Å²) in [7, 11) is -3.42. The Morgan fingerprint density at radius 3 is 2.65 bits per heavy atom. The molecule has 4 rings (SSSR count). The Morgan fingerprint density at radius 1 is 1.26 bits per heavy atom. The standard InChI is InChI=1S/C23H22FNO5S/c1-3-31(28,29)18-11-20(14-4-5-14)23(25-12-18)30-22-13(2)16(9-21(26)27)8-15-6-7-17(24)10-19(15)22/h6-8,10-12,14H,3-5,9H2,1-2H3,(H,26,27). The van der Waals surface area contributed by atoms with Crippen LogP contribution in [0.4, 0.5) is 4.39 Å². The molecule has 162 valence electrons. The lowest BCUT2D eigenvalue weighted by Crippen LogP contribution is -2.07. The largest absolute Gasteiger partial charge is 0.481 e. The molecule has 0 aliphatic heterocycles. The van der Waals surface area contributed by atoms with Crippen molar-refractivity contribution in [3.05, 3.63) is 59.0 Å². The molecule has 0 saturated heterocycles. The molecule has 1 saturated carbocycles. The molecule has 0 bridgehead atoms. The van der Waals surface area contributed by atoms with Crippen LogP contribution < -0.4 is 4.74 Å². The maximum Gasteiger partial charge on any atom is 0.307 e. The highest BCUT2D eigenvalue weighted by atomic mass is 32.2. The zero-order valence-corrected chi connectivity index (χ0v) is 18.0. The van der Waals surface area contributed by atoms with Crippen LogP contribution in [0.5, 0.6) is 11.6 Å². The number of rotatable bonds is 7. The van der Waals surface area contributed by atoms with Gasteiger partial charge in [0.1, 0.15) is 11.6 Å². The average molecular weight is 443 g/mol. The predicted octanol–water partition coefficient (Wildman–Crippen LogP) is 4.77. The fourth-order valence-corrected chi connectivity index (χ4v) is 4.48. The fraction of sp³-hybridized carbons (Fsp3) is 0.304. The highest BCUT2D eigenvalue weighted by Gasteiger charge is 2.30. The molecule has 1 N–H and O–H groups in total. The number of aliphatic carboxylic acids is 1. The molecular formula is C23H22FNO5S. The maximum atomic E-state index is 14.0. The quantitative estimate of drug-likeness (QED) is 0.565. The van der Waals surface area contributed by atoms with Gasteiger partial charge in [-0.2, -0.15) is 0 Å². The third kappa shape index (κ3) is 4.25. The number of pyridine rings is 1. The highest BCUT2D eigenvalue weighted by molar-refractivity contribution is 7.91. The molecule has 0 spiro atoms. The molecule has 0 radical (unpaired) electrons. The van der Waals surface area contributed by atoms with Gasteiger partial charge in [0.05, 0.1) is 17.1 Å². The topological polar surface area (TPSA) is 93.6 Å². The lowest BCUT2D eigenvalue weighted by Gasteiger charge is -2.17. The molecule has 1 heterocycles. The van der Waals surface area contributed by atoms with E-state index in [9.17, 15) is 22.7 Å². The summed E-state index contributed by atoms with van der Waals surface area (Å²) in [6, 6.07) is 7.56. The predicted molar refractivity (Wildman–Crippen MR) is 114 cm³/mol. The number of ether oxygens (including phenoxy) is 1. The zero-order valence-electron chi connectivity index (χ0n) is 17.2. The van der Waals surface area contributed by atoms with E-state index in [1.54, 1.807) is 32.0 Å². The summed E-state index contributed by atoms with van der Waals surface area (Å²) in [6.07, 6.45) is 2.88. The molecule has 1 fully saturated rings. The summed E-state index contributed by atoms with van der Waals surface area (Å²) in [5, 5.41) is 10.4. The number of hydrogen-bond acceptors (Lipinski definition) is 5. The van der Waals surface area contributed by atoms with E-state index in [0.29, 0.717) is 33.2 Å². The Bertz CT molecular complexity index is 1300. The number of fused-ring (bicyclic) bond motifs is 1. The summed E-state index contributed by atoms with van der Waals surface area (Å²) in [5.74, 6) is -0.712. The summed E-state index contributed by atoms with van der Waals surface area (Å²) < 4.78 is 44.8. The van der Waals surface area contributed by atoms with Gasteiger partial charge in [0.15, 0.2) is 9.84 Å². The first-order valence-electron chi connectivity index (χ1n) is 10.0. The van der Waals surface area contributed by atoms with Crippen LogP contribution in [0.1, 0.15) is 42.4 Å². The van der Waals surface area contributed by atoms with E-state index in [4.69, 9.17) is 4.74 Å². The number of carboxylic acids is 1. The molecule has 6 nitrogen and oxygen atoms in total. The van der Waals surface area contributed by atoms with Gasteiger partial charge in [-0.05, 0) is 60.4 Å². The molecule has 2 aromatic carbocycles. The van der Waals surface area contributed by atoms with Gasteiger partial charge < -0.3 is 9.84 Å². The van der Waals surface area contributed by atoms with E-state index in [-0.39, 0.29) is 28.9 Å². The first kappa shape index (κ1) is 21.2. The van der Waals surface area contributed by atoms with Crippen LogP contribution >= 0.6 is 0 Å². The van der Waals surface area contributed by atoms with Crippen molar-refractivity contribution in [1.82, 2.24) is 4.98 Å². The molecule has 1 aliphatic carbocycles. The van der Waals surface area contributed by atoms with Crippen LogP contribution in [0.3, 0.4) is 0 Å².